The summed E-state index contributed by atoms with van der Waals surface area (Å²) in [6.07, 6.45) is 1.09. The highest BCUT2D eigenvalue weighted by Crippen LogP contribution is 2.30. The Balaban J connectivity index is 2.14. The minimum Gasteiger partial charge on any atom is -0.349 e. The predicted octanol–water partition coefficient (Wildman–Crippen LogP) is 3.35. The molecule has 15 heavy (non-hydrogen) atoms. The Hall–Kier alpha value is -0.350. The fourth-order valence-electron chi connectivity index (χ4n) is 1.44. The second kappa shape index (κ2) is 4.26. The van der Waals surface area contributed by atoms with Crippen LogP contribution < -0.4 is 5.32 Å². The van der Waals surface area contributed by atoms with Gasteiger partial charge in [-0.25, -0.2) is 0 Å². The molecule has 2 rings (SSSR count). The van der Waals surface area contributed by atoms with Crippen molar-refractivity contribution in [3.63, 3.8) is 0 Å². The number of carbonyl (C=O) groups excluding carboxylic acids is 1. The highest BCUT2D eigenvalue weighted by molar-refractivity contribution is 9.11. The van der Waals surface area contributed by atoms with Gasteiger partial charge in [-0.15, -0.1) is 0 Å². The lowest BCUT2D eigenvalue weighted by Crippen LogP contribution is -2.26. The predicted molar refractivity (Wildman–Crippen MR) is 66.9 cm³/mol. The van der Waals surface area contributed by atoms with Crippen molar-refractivity contribution in [1.29, 1.82) is 0 Å². The van der Waals surface area contributed by atoms with E-state index in [9.17, 15) is 4.79 Å². The van der Waals surface area contributed by atoms with Crippen LogP contribution in [-0.4, -0.2) is 11.9 Å². The second-order valence-corrected chi connectivity index (χ2v) is 5.69. The maximum absolute atomic E-state index is 11.9. The summed E-state index contributed by atoms with van der Waals surface area (Å²) in [6, 6.07) is 5.96. The molecule has 1 N–H and O–H groups in total. The number of hydrogen-bond acceptors (Lipinski definition) is 1. The standard InChI is InChI=1S/C11H11Br2NO/c1-6-4-10(6)14-11(15)8-5-7(12)2-3-9(8)13/h2-3,5-6,10H,4H2,1H3,(H,14,15). The van der Waals surface area contributed by atoms with Gasteiger partial charge in [0.1, 0.15) is 0 Å². The normalized spacial score (nSPS) is 23.7. The number of benzene rings is 1. The molecule has 0 heterocycles. The number of carbonyl (C=O) groups is 1. The molecule has 1 fully saturated rings. The van der Waals surface area contributed by atoms with Crippen LogP contribution in [0.2, 0.25) is 0 Å². The molecule has 0 saturated heterocycles. The molecule has 80 valence electrons. The molecule has 2 nitrogen and oxygen atoms in total. The average molecular weight is 333 g/mol. The third kappa shape index (κ3) is 2.61. The van der Waals surface area contributed by atoms with Crippen molar-refractivity contribution in [3.05, 3.63) is 32.7 Å². The van der Waals surface area contributed by atoms with E-state index in [0.29, 0.717) is 17.5 Å². The molecule has 0 spiro atoms. The molecule has 2 atom stereocenters. The van der Waals surface area contributed by atoms with E-state index < -0.39 is 0 Å². The average Bonchev–Trinajstić information content (AvgIpc) is 2.86. The molecule has 1 saturated carbocycles. The van der Waals surface area contributed by atoms with Crippen LogP contribution in [0.25, 0.3) is 0 Å². The van der Waals surface area contributed by atoms with Crippen LogP contribution in [0.1, 0.15) is 23.7 Å². The first-order chi connectivity index (χ1) is 7.08. The second-order valence-electron chi connectivity index (χ2n) is 3.92. The summed E-state index contributed by atoms with van der Waals surface area (Å²) in [6.45, 7) is 2.14. The van der Waals surface area contributed by atoms with Gasteiger partial charge < -0.3 is 5.32 Å². The van der Waals surface area contributed by atoms with Gasteiger partial charge >= 0.3 is 0 Å². The van der Waals surface area contributed by atoms with Gasteiger partial charge in [-0.05, 0) is 46.5 Å². The molecular weight excluding hydrogens is 322 g/mol. The van der Waals surface area contributed by atoms with Crippen molar-refractivity contribution in [3.8, 4) is 0 Å². The molecule has 1 amide bonds. The van der Waals surface area contributed by atoms with Crippen LogP contribution in [0.4, 0.5) is 0 Å². The van der Waals surface area contributed by atoms with Crippen molar-refractivity contribution in [2.45, 2.75) is 19.4 Å². The Kier molecular flexibility index (Phi) is 3.16. The lowest BCUT2D eigenvalue weighted by atomic mass is 10.2. The first-order valence-corrected chi connectivity index (χ1v) is 6.42. The first kappa shape index (κ1) is 11.1. The number of nitrogens with one attached hydrogen (secondary N) is 1. The number of rotatable bonds is 2. The minimum absolute atomic E-state index is 0.00229. The van der Waals surface area contributed by atoms with E-state index in [1.807, 2.05) is 18.2 Å². The Morgan fingerprint density at radius 1 is 1.47 bits per heavy atom. The van der Waals surface area contributed by atoms with Gasteiger partial charge in [0, 0.05) is 15.0 Å². The molecule has 4 heteroatoms. The van der Waals surface area contributed by atoms with E-state index in [1.54, 1.807) is 0 Å². The van der Waals surface area contributed by atoms with Crippen LogP contribution in [0, 0.1) is 5.92 Å². The summed E-state index contributed by atoms with van der Waals surface area (Å²) < 4.78 is 1.75. The van der Waals surface area contributed by atoms with Crippen molar-refractivity contribution in [2.75, 3.05) is 0 Å². The third-order valence-corrected chi connectivity index (χ3v) is 3.78. The fourth-order valence-corrected chi connectivity index (χ4v) is 2.23. The fraction of sp³-hybridized carbons (Fsp3) is 0.364. The summed E-state index contributed by atoms with van der Waals surface area (Å²) in [5, 5.41) is 3.00. The number of hydrogen-bond donors (Lipinski definition) is 1. The highest BCUT2D eigenvalue weighted by Gasteiger charge is 2.34. The molecular formula is C11H11Br2NO. The summed E-state index contributed by atoms with van der Waals surface area (Å²) in [5.41, 5.74) is 0.684. The summed E-state index contributed by atoms with van der Waals surface area (Å²) in [7, 11) is 0. The van der Waals surface area contributed by atoms with Crippen LogP contribution >= 0.6 is 31.9 Å². The Labute approximate surface area is 106 Å². The molecule has 1 aromatic carbocycles. The van der Waals surface area contributed by atoms with E-state index in [2.05, 4.69) is 44.1 Å². The Morgan fingerprint density at radius 3 is 2.73 bits per heavy atom. The summed E-state index contributed by atoms with van der Waals surface area (Å²) in [5.74, 6) is 0.623. The van der Waals surface area contributed by atoms with Crippen molar-refractivity contribution in [1.82, 2.24) is 5.32 Å². The van der Waals surface area contributed by atoms with Gasteiger partial charge in [0.05, 0.1) is 5.56 Å². The molecule has 1 aliphatic carbocycles. The highest BCUT2D eigenvalue weighted by atomic mass is 79.9. The minimum atomic E-state index is -0.00229. The molecule has 1 aliphatic rings. The lowest BCUT2D eigenvalue weighted by molar-refractivity contribution is 0.0948. The first-order valence-electron chi connectivity index (χ1n) is 4.84. The zero-order valence-electron chi connectivity index (χ0n) is 8.26. The Bertz CT molecular complexity index is 406. The van der Waals surface area contributed by atoms with Gasteiger partial charge in [0.15, 0.2) is 0 Å². The van der Waals surface area contributed by atoms with Crippen LogP contribution in [-0.2, 0) is 0 Å². The van der Waals surface area contributed by atoms with E-state index in [1.165, 1.54) is 0 Å². The molecule has 0 aromatic heterocycles. The molecule has 2 unspecified atom stereocenters. The van der Waals surface area contributed by atoms with E-state index >= 15 is 0 Å². The van der Waals surface area contributed by atoms with Gasteiger partial charge in [0.25, 0.3) is 5.91 Å². The van der Waals surface area contributed by atoms with E-state index in [0.717, 1.165) is 15.4 Å². The number of halogens is 2. The maximum atomic E-state index is 11.9. The largest absolute Gasteiger partial charge is 0.349 e. The van der Waals surface area contributed by atoms with Crippen LogP contribution in [0.15, 0.2) is 27.1 Å². The lowest BCUT2D eigenvalue weighted by Gasteiger charge is -2.06. The van der Waals surface area contributed by atoms with Gasteiger partial charge in [-0.1, -0.05) is 22.9 Å². The summed E-state index contributed by atoms with van der Waals surface area (Å²) >= 11 is 6.73. The smallest absolute Gasteiger partial charge is 0.252 e. The van der Waals surface area contributed by atoms with Gasteiger partial charge in [-0.3, -0.25) is 4.79 Å². The zero-order chi connectivity index (χ0) is 11.0. The van der Waals surface area contributed by atoms with Gasteiger partial charge in [-0.2, -0.15) is 0 Å². The monoisotopic (exact) mass is 331 g/mol. The van der Waals surface area contributed by atoms with Crippen molar-refractivity contribution < 1.29 is 4.79 Å². The van der Waals surface area contributed by atoms with Crippen molar-refractivity contribution >= 4 is 37.8 Å². The van der Waals surface area contributed by atoms with E-state index in [-0.39, 0.29) is 5.91 Å². The van der Waals surface area contributed by atoms with Crippen molar-refractivity contribution in [2.24, 2.45) is 5.92 Å². The molecule has 1 aromatic rings. The third-order valence-electron chi connectivity index (χ3n) is 2.60. The van der Waals surface area contributed by atoms with Gasteiger partial charge in [0.2, 0.25) is 0 Å². The zero-order valence-corrected chi connectivity index (χ0v) is 11.4. The quantitative estimate of drug-likeness (QED) is 0.884. The molecule has 0 radical (unpaired) electrons. The number of amides is 1. The van der Waals surface area contributed by atoms with E-state index in [4.69, 9.17) is 0 Å². The van der Waals surface area contributed by atoms with Crippen LogP contribution in [0.5, 0.6) is 0 Å². The maximum Gasteiger partial charge on any atom is 0.252 e. The molecule has 0 aliphatic heterocycles. The SMILES string of the molecule is CC1CC1NC(=O)c1cc(Br)ccc1Br. The van der Waals surface area contributed by atoms with Crippen LogP contribution in [0.3, 0.4) is 0 Å². The Morgan fingerprint density at radius 2 is 2.13 bits per heavy atom. The summed E-state index contributed by atoms with van der Waals surface area (Å²) in [4.78, 5) is 11.9. The molecule has 0 bridgehead atoms. The topological polar surface area (TPSA) is 29.1 Å².